The largest absolute Gasteiger partial charge is 0.293 e. The van der Waals surface area contributed by atoms with Crippen molar-refractivity contribution in [2.75, 3.05) is 6.54 Å². The number of rotatable bonds is 5. The van der Waals surface area contributed by atoms with Crippen molar-refractivity contribution < 1.29 is 4.92 Å². The molecule has 0 N–H and O–H groups in total. The van der Waals surface area contributed by atoms with Gasteiger partial charge in [-0.05, 0) is 25.0 Å². The molecule has 0 spiro atoms. The highest BCUT2D eigenvalue weighted by Gasteiger charge is 2.28. The third kappa shape index (κ3) is 3.86. The lowest BCUT2D eigenvalue weighted by atomic mass is 10.1. The summed E-state index contributed by atoms with van der Waals surface area (Å²) in [7, 11) is 0. The molecule has 0 atom stereocenters. The molecule has 29 heavy (non-hydrogen) atoms. The second-order valence-corrected chi connectivity index (χ2v) is 7.76. The Morgan fingerprint density at radius 1 is 1.14 bits per heavy atom. The Morgan fingerprint density at radius 3 is 2.83 bits per heavy atom. The fourth-order valence-electron chi connectivity index (χ4n) is 3.80. The summed E-state index contributed by atoms with van der Waals surface area (Å²) in [6.07, 6.45) is 5.37. The van der Waals surface area contributed by atoms with Crippen LogP contribution in [0.4, 0.5) is 5.69 Å². The first-order valence-corrected chi connectivity index (χ1v) is 9.93. The molecular formula is C22H21N5O2. The summed E-state index contributed by atoms with van der Waals surface area (Å²) in [5.74, 6) is 1.60. The van der Waals surface area contributed by atoms with Crippen molar-refractivity contribution in [3.8, 4) is 11.3 Å². The summed E-state index contributed by atoms with van der Waals surface area (Å²) in [4.78, 5) is 27.1. The van der Waals surface area contributed by atoms with Crippen molar-refractivity contribution in [1.29, 1.82) is 0 Å². The second kappa shape index (κ2) is 7.33. The van der Waals surface area contributed by atoms with Gasteiger partial charge in [0.15, 0.2) is 0 Å². The lowest BCUT2D eigenvalue weighted by molar-refractivity contribution is -0.384. The second-order valence-electron chi connectivity index (χ2n) is 7.76. The van der Waals surface area contributed by atoms with Gasteiger partial charge in [0.25, 0.3) is 5.69 Å². The number of nitro groups is 1. The lowest BCUT2D eigenvalue weighted by Gasteiger charge is -2.27. The third-order valence-electron chi connectivity index (χ3n) is 5.52. The van der Waals surface area contributed by atoms with E-state index >= 15 is 0 Å². The van der Waals surface area contributed by atoms with Crippen molar-refractivity contribution in [1.82, 2.24) is 19.9 Å². The van der Waals surface area contributed by atoms with E-state index in [0.717, 1.165) is 48.8 Å². The maximum absolute atomic E-state index is 11.0. The van der Waals surface area contributed by atoms with Crippen LogP contribution in [-0.2, 0) is 19.5 Å². The summed E-state index contributed by atoms with van der Waals surface area (Å²) in [6.45, 7) is 2.49. The van der Waals surface area contributed by atoms with Gasteiger partial charge in [-0.1, -0.05) is 18.2 Å². The first-order valence-electron chi connectivity index (χ1n) is 9.93. The summed E-state index contributed by atoms with van der Waals surface area (Å²) in [5.41, 5.74) is 4.93. The number of hydrogen-bond donors (Lipinski definition) is 0. The average molecular weight is 387 g/mol. The summed E-state index contributed by atoms with van der Waals surface area (Å²) in [5, 5.41) is 11.0. The molecule has 0 bridgehead atoms. The molecule has 3 heterocycles. The van der Waals surface area contributed by atoms with Crippen LogP contribution in [0.1, 0.15) is 41.5 Å². The normalized spacial score (nSPS) is 16.4. The van der Waals surface area contributed by atoms with E-state index in [2.05, 4.69) is 9.88 Å². The Balaban J connectivity index is 1.32. The van der Waals surface area contributed by atoms with E-state index in [1.165, 1.54) is 30.2 Å². The Bertz CT molecular complexity index is 1080. The Labute approximate surface area is 168 Å². The first kappa shape index (κ1) is 17.9. The molecule has 2 aliphatic rings. The monoisotopic (exact) mass is 387 g/mol. The zero-order valence-electron chi connectivity index (χ0n) is 16.0. The average Bonchev–Trinajstić information content (AvgIpc) is 3.59. The van der Waals surface area contributed by atoms with Crippen molar-refractivity contribution in [2.45, 2.75) is 38.3 Å². The number of nitrogens with zero attached hydrogens (tertiary/aromatic N) is 5. The fourth-order valence-corrected chi connectivity index (χ4v) is 3.80. The number of nitro benzene ring substituents is 1. The molecule has 1 saturated carbocycles. The van der Waals surface area contributed by atoms with Crippen LogP contribution in [0.2, 0.25) is 0 Å². The molecule has 1 fully saturated rings. The molecule has 7 heteroatoms. The molecule has 0 unspecified atom stereocenters. The molecule has 3 aromatic rings. The molecular weight excluding hydrogens is 366 g/mol. The zero-order chi connectivity index (χ0) is 19.8. The van der Waals surface area contributed by atoms with Crippen LogP contribution in [0.5, 0.6) is 0 Å². The highest BCUT2D eigenvalue weighted by Crippen LogP contribution is 2.38. The molecule has 2 aromatic heterocycles. The molecule has 7 nitrogen and oxygen atoms in total. The minimum atomic E-state index is -0.380. The maximum Gasteiger partial charge on any atom is 0.270 e. The van der Waals surface area contributed by atoms with Crippen LogP contribution < -0.4 is 0 Å². The van der Waals surface area contributed by atoms with Crippen LogP contribution in [0.15, 0.2) is 48.7 Å². The van der Waals surface area contributed by atoms with E-state index in [9.17, 15) is 10.1 Å². The van der Waals surface area contributed by atoms with Gasteiger partial charge in [-0.25, -0.2) is 9.97 Å². The van der Waals surface area contributed by atoms with Crippen molar-refractivity contribution >= 4 is 5.69 Å². The van der Waals surface area contributed by atoms with Crippen molar-refractivity contribution in [3.63, 3.8) is 0 Å². The smallest absolute Gasteiger partial charge is 0.270 e. The Morgan fingerprint density at radius 2 is 2.00 bits per heavy atom. The van der Waals surface area contributed by atoms with Gasteiger partial charge in [0, 0.05) is 67.1 Å². The van der Waals surface area contributed by atoms with Gasteiger partial charge < -0.3 is 0 Å². The van der Waals surface area contributed by atoms with Crippen LogP contribution >= 0.6 is 0 Å². The summed E-state index contributed by atoms with van der Waals surface area (Å²) < 4.78 is 0. The zero-order valence-corrected chi connectivity index (χ0v) is 16.0. The quantitative estimate of drug-likeness (QED) is 0.488. The van der Waals surface area contributed by atoms with E-state index in [-0.39, 0.29) is 10.6 Å². The molecule has 1 aliphatic carbocycles. The predicted molar refractivity (Wildman–Crippen MR) is 108 cm³/mol. The Hall–Kier alpha value is -3.19. The van der Waals surface area contributed by atoms with Crippen LogP contribution in [0, 0.1) is 10.1 Å². The van der Waals surface area contributed by atoms with E-state index in [1.54, 1.807) is 12.1 Å². The molecule has 146 valence electrons. The van der Waals surface area contributed by atoms with Crippen LogP contribution in [-0.4, -0.2) is 31.3 Å². The molecule has 0 radical (unpaired) electrons. The minimum Gasteiger partial charge on any atom is -0.293 e. The number of pyridine rings is 1. The van der Waals surface area contributed by atoms with Crippen molar-refractivity contribution in [3.05, 3.63) is 81.6 Å². The summed E-state index contributed by atoms with van der Waals surface area (Å²) in [6, 6.07) is 12.5. The van der Waals surface area contributed by atoms with Gasteiger partial charge in [-0.2, -0.15) is 0 Å². The number of non-ortho nitro benzene ring substituents is 1. The van der Waals surface area contributed by atoms with E-state index < -0.39 is 0 Å². The minimum absolute atomic E-state index is 0.0768. The highest BCUT2D eigenvalue weighted by atomic mass is 16.6. The third-order valence-corrected chi connectivity index (χ3v) is 5.52. The van der Waals surface area contributed by atoms with Crippen molar-refractivity contribution in [2.24, 2.45) is 0 Å². The molecule has 5 rings (SSSR count). The molecule has 0 amide bonds. The van der Waals surface area contributed by atoms with E-state index in [1.807, 2.05) is 30.5 Å². The standard InChI is InChI=1S/C22H21N5O2/c28-27(29)19-5-1-3-16(11-19)20-6-2-4-18(24-20)14-26-10-9-21-17(13-26)12-23-22(25-21)15-7-8-15/h1-6,11-12,15H,7-10,13-14H2. The number of fused-ring (bicyclic) bond motifs is 1. The highest BCUT2D eigenvalue weighted by molar-refractivity contribution is 5.62. The van der Waals surface area contributed by atoms with Gasteiger partial charge in [0.2, 0.25) is 0 Å². The molecule has 1 aromatic carbocycles. The molecule has 1 aliphatic heterocycles. The van der Waals surface area contributed by atoms with E-state index in [0.29, 0.717) is 5.92 Å². The van der Waals surface area contributed by atoms with Crippen LogP contribution in [0.3, 0.4) is 0 Å². The fraction of sp³-hybridized carbons (Fsp3) is 0.318. The van der Waals surface area contributed by atoms with Gasteiger partial charge in [0.1, 0.15) is 5.82 Å². The first-order chi connectivity index (χ1) is 14.2. The van der Waals surface area contributed by atoms with Gasteiger partial charge in [-0.3, -0.25) is 20.0 Å². The predicted octanol–water partition coefficient (Wildman–Crippen LogP) is 3.88. The van der Waals surface area contributed by atoms with Crippen LogP contribution in [0.25, 0.3) is 11.3 Å². The number of benzene rings is 1. The van der Waals surface area contributed by atoms with Gasteiger partial charge >= 0.3 is 0 Å². The van der Waals surface area contributed by atoms with E-state index in [4.69, 9.17) is 9.97 Å². The summed E-state index contributed by atoms with van der Waals surface area (Å²) >= 11 is 0. The SMILES string of the molecule is O=[N+]([O-])c1cccc(-c2cccc(CN3CCc4nc(C5CC5)ncc4C3)n2)c1. The lowest BCUT2D eigenvalue weighted by Crippen LogP contribution is -2.31. The number of aromatic nitrogens is 3. The topological polar surface area (TPSA) is 85.0 Å². The Kier molecular flexibility index (Phi) is 4.52. The maximum atomic E-state index is 11.0. The van der Waals surface area contributed by atoms with Gasteiger partial charge in [0.05, 0.1) is 16.3 Å². The molecule has 0 saturated heterocycles. The number of hydrogen-bond acceptors (Lipinski definition) is 6. The van der Waals surface area contributed by atoms with Gasteiger partial charge in [-0.15, -0.1) is 0 Å².